The number of nitrogens with two attached hydrogens (primary N) is 3. The van der Waals surface area contributed by atoms with E-state index in [1.54, 1.807) is 18.2 Å². The van der Waals surface area contributed by atoms with Gasteiger partial charge in [-0.1, -0.05) is 109 Å². The van der Waals surface area contributed by atoms with E-state index in [1.165, 1.54) is 17.5 Å². The molecule has 0 aliphatic carbocycles. The van der Waals surface area contributed by atoms with Crippen molar-refractivity contribution < 1.29 is 10.0 Å². The number of hydrogen-bond acceptors (Lipinski definition) is 8. The summed E-state index contributed by atoms with van der Waals surface area (Å²) < 4.78 is 1.12. The molecule has 0 spiro atoms. The van der Waals surface area contributed by atoms with Crippen LogP contribution in [0.2, 0.25) is 0 Å². The van der Waals surface area contributed by atoms with Crippen molar-refractivity contribution in [2.75, 3.05) is 17.2 Å². The minimum Gasteiger partial charge on any atom is -0.423 e. The highest BCUT2D eigenvalue weighted by molar-refractivity contribution is 14.1. The highest BCUT2D eigenvalue weighted by Crippen LogP contribution is 2.28. The predicted octanol–water partition coefficient (Wildman–Crippen LogP) is 6.89. The Hall–Kier alpha value is -5.92. The van der Waals surface area contributed by atoms with Crippen molar-refractivity contribution in [1.29, 1.82) is 10.5 Å². The monoisotopic (exact) mass is 754 g/mol. The molecule has 6 aromatic carbocycles. The third-order valence-corrected chi connectivity index (χ3v) is 8.18. The second kappa shape index (κ2) is 17.9. The van der Waals surface area contributed by atoms with E-state index in [0.29, 0.717) is 22.6 Å². The van der Waals surface area contributed by atoms with Gasteiger partial charge in [0, 0.05) is 36.8 Å². The number of nitrogens with zero attached hydrogens (tertiary/aromatic N) is 3. The molecule has 0 saturated heterocycles. The molecule has 0 unspecified atom stereocenters. The number of anilines is 3. The normalized spacial score (nSPS) is 9.73. The van der Waals surface area contributed by atoms with Crippen molar-refractivity contribution in [3.8, 4) is 23.3 Å². The molecule has 0 aliphatic heterocycles. The summed E-state index contributed by atoms with van der Waals surface area (Å²) >= 11 is 2.20. The summed E-state index contributed by atoms with van der Waals surface area (Å²) in [7, 11) is -1.56. The highest BCUT2D eigenvalue weighted by Gasteiger charge is 2.14. The lowest BCUT2D eigenvalue weighted by molar-refractivity contribution is 0.425. The molecule has 0 radical (unpaired) electrons. The van der Waals surface area contributed by atoms with Gasteiger partial charge in [-0.2, -0.15) is 10.5 Å². The van der Waals surface area contributed by atoms with E-state index >= 15 is 0 Å². The predicted molar refractivity (Wildman–Crippen MR) is 209 cm³/mol. The molecule has 8 nitrogen and oxygen atoms in total. The Morgan fingerprint density at radius 2 is 1.02 bits per heavy atom. The third-order valence-electron chi connectivity index (χ3n) is 7.20. The fourth-order valence-corrected chi connectivity index (χ4v) is 5.17. The first-order valence-electron chi connectivity index (χ1n) is 15.0. The van der Waals surface area contributed by atoms with Gasteiger partial charge in [-0.05, 0) is 69.8 Å². The molecule has 1 heterocycles. The standard InChI is InChI=1S/2C13H10N2.C7H6BNO2.C6H6IN/c14-13-11-7-2-1-5-9(11)10-6-3-4-8-12(10)15-13;14-9-10-5-1-2-6-11(10)12-7-3-4-8-13(12)15;9-5-6-3-1-2-4-7(6)8(10)11;7-5-3-1-2-4-6(5)8/h1-8H,(H2,14,15);1-8H,15H2;1-4,10-11H;1-4H,8H2. The van der Waals surface area contributed by atoms with Gasteiger partial charge >= 0.3 is 7.12 Å². The molecule has 0 amide bonds. The summed E-state index contributed by atoms with van der Waals surface area (Å²) in [6.07, 6.45) is 0. The number of nitrogen functional groups attached to an aromatic ring is 3. The molecule has 0 saturated carbocycles. The first kappa shape index (κ1) is 35.9. The van der Waals surface area contributed by atoms with Gasteiger partial charge in [0.25, 0.3) is 0 Å². The number of nitriles is 2. The number of hydrogen-bond donors (Lipinski definition) is 5. The molecular weight excluding hydrogens is 722 g/mol. The molecule has 10 heteroatoms. The summed E-state index contributed by atoms with van der Waals surface area (Å²) in [5.41, 5.74) is 22.8. The molecule has 1 aromatic heterocycles. The van der Waals surface area contributed by atoms with Crippen LogP contribution in [0.15, 0.2) is 146 Å². The third kappa shape index (κ3) is 9.56. The fraction of sp³-hybridized carbons (Fsp3) is 0. The molecular formula is C39H32BIN6O2. The van der Waals surface area contributed by atoms with Crippen LogP contribution < -0.4 is 22.7 Å². The molecule has 7 aromatic rings. The zero-order valence-corrected chi connectivity index (χ0v) is 28.4. The lowest BCUT2D eigenvalue weighted by Gasteiger charge is -2.06. The second-order valence-corrected chi connectivity index (χ2v) is 11.6. The number of pyridine rings is 1. The molecule has 8 N–H and O–H groups in total. The van der Waals surface area contributed by atoms with Gasteiger partial charge in [0.05, 0.1) is 28.8 Å². The Bertz CT molecular complexity index is 2250. The van der Waals surface area contributed by atoms with Crippen LogP contribution in [0.25, 0.3) is 32.8 Å². The Labute approximate surface area is 299 Å². The Morgan fingerprint density at radius 1 is 0.531 bits per heavy atom. The van der Waals surface area contributed by atoms with Crippen LogP contribution >= 0.6 is 22.6 Å². The lowest BCUT2D eigenvalue weighted by Crippen LogP contribution is -2.31. The molecule has 0 aliphatic rings. The van der Waals surface area contributed by atoms with Crippen molar-refractivity contribution in [2.24, 2.45) is 0 Å². The van der Waals surface area contributed by atoms with E-state index in [2.05, 4.69) is 45.8 Å². The zero-order valence-electron chi connectivity index (χ0n) is 26.3. The summed E-state index contributed by atoms with van der Waals surface area (Å²) in [5, 5.41) is 38.3. The molecule has 0 atom stereocenters. The maximum Gasteiger partial charge on any atom is 0.489 e. The minimum absolute atomic E-state index is 0.245. The summed E-state index contributed by atoms with van der Waals surface area (Å²) in [5.74, 6) is 0.601. The smallest absolute Gasteiger partial charge is 0.423 e. The van der Waals surface area contributed by atoms with Crippen LogP contribution in [0.4, 0.5) is 17.2 Å². The van der Waals surface area contributed by atoms with E-state index in [-0.39, 0.29) is 5.46 Å². The topological polar surface area (TPSA) is 179 Å². The van der Waals surface area contributed by atoms with E-state index in [0.717, 1.165) is 36.7 Å². The quantitative estimate of drug-likeness (QED) is 0.0548. The second-order valence-electron chi connectivity index (χ2n) is 10.4. The minimum atomic E-state index is -1.56. The molecule has 0 bridgehead atoms. The highest BCUT2D eigenvalue weighted by atomic mass is 127. The number of halogens is 1. The Kier molecular flexibility index (Phi) is 13.1. The summed E-state index contributed by atoms with van der Waals surface area (Å²) in [6.45, 7) is 0. The van der Waals surface area contributed by atoms with Crippen LogP contribution in [0.1, 0.15) is 11.1 Å². The van der Waals surface area contributed by atoms with Crippen LogP contribution in [0.3, 0.4) is 0 Å². The zero-order chi connectivity index (χ0) is 35.2. The first-order valence-corrected chi connectivity index (χ1v) is 16.0. The van der Waals surface area contributed by atoms with E-state index in [9.17, 15) is 0 Å². The van der Waals surface area contributed by atoms with Gasteiger partial charge in [-0.3, -0.25) is 0 Å². The maximum atomic E-state index is 8.98. The summed E-state index contributed by atoms with van der Waals surface area (Å²) in [4.78, 5) is 4.38. The largest absolute Gasteiger partial charge is 0.489 e. The van der Waals surface area contributed by atoms with Crippen LogP contribution in [-0.2, 0) is 0 Å². The Morgan fingerprint density at radius 3 is 1.59 bits per heavy atom. The fourth-order valence-electron chi connectivity index (χ4n) is 4.79. The van der Waals surface area contributed by atoms with Gasteiger partial charge in [0.2, 0.25) is 0 Å². The average Bonchev–Trinajstić information content (AvgIpc) is 3.14. The van der Waals surface area contributed by atoms with Gasteiger partial charge in [-0.25, -0.2) is 4.98 Å². The first-order chi connectivity index (χ1) is 23.7. The number of rotatable bonds is 2. The van der Waals surface area contributed by atoms with Gasteiger partial charge in [-0.15, -0.1) is 0 Å². The molecule has 240 valence electrons. The van der Waals surface area contributed by atoms with Crippen molar-refractivity contribution in [3.05, 3.63) is 160 Å². The maximum absolute atomic E-state index is 8.98. The molecule has 0 fully saturated rings. The van der Waals surface area contributed by atoms with Crippen molar-refractivity contribution in [1.82, 2.24) is 4.98 Å². The number of fused-ring (bicyclic) bond motifs is 3. The van der Waals surface area contributed by atoms with E-state index in [1.807, 2.05) is 109 Å². The molecule has 49 heavy (non-hydrogen) atoms. The van der Waals surface area contributed by atoms with Gasteiger partial charge < -0.3 is 27.2 Å². The molecule has 7 rings (SSSR count). The van der Waals surface area contributed by atoms with Crippen LogP contribution in [0, 0.1) is 26.2 Å². The van der Waals surface area contributed by atoms with Gasteiger partial charge in [0.15, 0.2) is 0 Å². The number of para-hydroxylation sites is 3. The SMILES string of the molecule is N#Cc1ccccc1-c1ccccc1N.N#Cc1ccccc1B(O)O.Nc1ccccc1I.Nc1nc2ccccc2c2ccccc12. The van der Waals surface area contributed by atoms with E-state index in [4.69, 9.17) is 37.8 Å². The van der Waals surface area contributed by atoms with E-state index < -0.39 is 7.12 Å². The van der Waals surface area contributed by atoms with Crippen LogP contribution in [-0.4, -0.2) is 22.2 Å². The van der Waals surface area contributed by atoms with Crippen molar-refractivity contribution in [3.63, 3.8) is 0 Å². The average molecular weight is 754 g/mol. The van der Waals surface area contributed by atoms with Crippen molar-refractivity contribution >= 4 is 74.0 Å². The van der Waals surface area contributed by atoms with Crippen molar-refractivity contribution in [2.45, 2.75) is 0 Å². The lowest BCUT2D eigenvalue weighted by atomic mass is 9.77. The Balaban J connectivity index is 0.000000151. The number of benzene rings is 6. The summed E-state index contributed by atoms with van der Waals surface area (Å²) in [6, 6.07) is 49.3. The van der Waals surface area contributed by atoms with Crippen LogP contribution in [0.5, 0.6) is 0 Å². The number of aromatic nitrogens is 1. The van der Waals surface area contributed by atoms with Gasteiger partial charge in [0.1, 0.15) is 5.82 Å².